The van der Waals surface area contributed by atoms with Gasteiger partial charge in [-0.2, -0.15) is 0 Å². The highest BCUT2D eigenvalue weighted by Crippen LogP contribution is 2.21. The molecule has 0 spiro atoms. The molecule has 1 amide bonds. The molecule has 5 nitrogen and oxygen atoms in total. The molecule has 0 unspecified atom stereocenters. The van der Waals surface area contributed by atoms with Gasteiger partial charge in [0.2, 0.25) is 0 Å². The molecule has 0 aliphatic carbocycles. The predicted molar refractivity (Wildman–Crippen MR) is 91.0 cm³/mol. The summed E-state index contributed by atoms with van der Waals surface area (Å²) in [6.45, 7) is 6.57. The van der Waals surface area contributed by atoms with Gasteiger partial charge in [0.15, 0.2) is 5.16 Å². The number of aryl methyl sites for hydroxylation is 2. The first-order valence-electron chi connectivity index (χ1n) is 7.58. The van der Waals surface area contributed by atoms with Crippen LogP contribution in [0.25, 0.3) is 0 Å². The second-order valence-electron chi connectivity index (χ2n) is 5.81. The summed E-state index contributed by atoms with van der Waals surface area (Å²) in [6.07, 6.45) is 1.39. The average molecular weight is 329 g/mol. The van der Waals surface area contributed by atoms with Crippen LogP contribution in [-0.2, 0) is 6.54 Å². The van der Waals surface area contributed by atoms with Crippen LogP contribution < -0.4 is 10.9 Å². The first kappa shape index (κ1) is 15.8. The van der Waals surface area contributed by atoms with Crippen molar-refractivity contribution in [3.8, 4) is 0 Å². The topological polar surface area (TPSA) is 64.0 Å². The third-order valence-electron chi connectivity index (χ3n) is 4.05. The highest BCUT2D eigenvalue weighted by Gasteiger charge is 2.21. The van der Waals surface area contributed by atoms with E-state index in [1.165, 1.54) is 18.0 Å². The summed E-state index contributed by atoms with van der Waals surface area (Å²) in [5.41, 5.74) is 3.16. The van der Waals surface area contributed by atoms with E-state index in [4.69, 9.17) is 0 Å². The molecule has 3 rings (SSSR count). The molecular formula is C17H19N3O2S. The van der Waals surface area contributed by atoms with Gasteiger partial charge in [0.1, 0.15) is 5.56 Å². The lowest BCUT2D eigenvalue weighted by atomic mass is 10.00. The Morgan fingerprint density at radius 1 is 1.39 bits per heavy atom. The monoisotopic (exact) mass is 329 g/mol. The molecule has 1 aliphatic heterocycles. The van der Waals surface area contributed by atoms with Crippen LogP contribution in [-0.4, -0.2) is 21.2 Å². The molecule has 1 N–H and O–H groups in total. The van der Waals surface area contributed by atoms with E-state index in [9.17, 15) is 9.59 Å². The number of fused-ring (bicyclic) bond motifs is 1. The largest absolute Gasteiger partial charge is 0.345 e. The van der Waals surface area contributed by atoms with Crippen molar-refractivity contribution < 1.29 is 4.79 Å². The highest BCUT2D eigenvalue weighted by molar-refractivity contribution is 7.99. The molecule has 1 aliphatic rings. The van der Waals surface area contributed by atoms with Gasteiger partial charge >= 0.3 is 0 Å². The number of carbonyl (C=O) groups excluding carboxylic acids is 1. The van der Waals surface area contributed by atoms with Gasteiger partial charge < -0.3 is 5.32 Å². The van der Waals surface area contributed by atoms with Crippen molar-refractivity contribution in [1.82, 2.24) is 14.9 Å². The fourth-order valence-electron chi connectivity index (χ4n) is 2.75. The lowest BCUT2D eigenvalue weighted by Crippen LogP contribution is -2.34. The Morgan fingerprint density at radius 2 is 2.17 bits per heavy atom. The van der Waals surface area contributed by atoms with E-state index in [1.54, 1.807) is 4.57 Å². The van der Waals surface area contributed by atoms with E-state index in [0.29, 0.717) is 11.7 Å². The van der Waals surface area contributed by atoms with Crippen LogP contribution in [0.4, 0.5) is 0 Å². The van der Waals surface area contributed by atoms with Gasteiger partial charge in [0.05, 0.1) is 6.04 Å². The van der Waals surface area contributed by atoms with Crippen LogP contribution in [0.5, 0.6) is 0 Å². The molecule has 0 saturated carbocycles. The first-order valence-corrected chi connectivity index (χ1v) is 8.56. The minimum absolute atomic E-state index is 0.105. The number of amides is 1. The molecule has 1 aromatic heterocycles. The van der Waals surface area contributed by atoms with Crippen molar-refractivity contribution >= 4 is 17.7 Å². The van der Waals surface area contributed by atoms with Gasteiger partial charge in [-0.3, -0.25) is 14.2 Å². The molecular weight excluding hydrogens is 310 g/mol. The van der Waals surface area contributed by atoms with Crippen molar-refractivity contribution in [3.05, 3.63) is 57.0 Å². The van der Waals surface area contributed by atoms with Gasteiger partial charge in [0, 0.05) is 18.5 Å². The Balaban J connectivity index is 1.85. The van der Waals surface area contributed by atoms with E-state index in [-0.39, 0.29) is 23.1 Å². The van der Waals surface area contributed by atoms with Crippen LogP contribution in [0.3, 0.4) is 0 Å². The maximum absolute atomic E-state index is 12.5. The van der Waals surface area contributed by atoms with Crippen molar-refractivity contribution in [3.63, 3.8) is 0 Å². The molecule has 23 heavy (non-hydrogen) atoms. The van der Waals surface area contributed by atoms with Gasteiger partial charge in [-0.05, 0) is 31.9 Å². The molecule has 0 radical (unpaired) electrons. The summed E-state index contributed by atoms with van der Waals surface area (Å²) in [6, 6.07) is 5.97. The fourth-order valence-corrected chi connectivity index (χ4v) is 3.67. The van der Waals surface area contributed by atoms with Crippen LogP contribution >= 0.6 is 11.8 Å². The third-order valence-corrected chi connectivity index (χ3v) is 5.02. The van der Waals surface area contributed by atoms with Crippen LogP contribution in [0.15, 0.2) is 34.3 Å². The summed E-state index contributed by atoms with van der Waals surface area (Å²) in [4.78, 5) is 29.1. The number of rotatable bonds is 3. The SMILES string of the molecule is Cc1ccc(C)c([C@@H](C)NC(=O)c2cnc3n(c2=O)CCS3)c1. The van der Waals surface area contributed by atoms with Crippen molar-refractivity contribution in [2.24, 2.45) is 0 Å². The molecule has 120 valence electrons. The third kappa shape index (κ3) is 3.03. The normalized spacial score (nSPS) is 14.4. The van der Waals surface area contributed by atoms with E-state index < -0.39 is 0 Å². The minimum atomic E-state index is -0.372. The standard InChI is InChI=1S/C17H19N3O2S/c1-10-4-5-11(2)13(8-10)12(3)19-15(21)14-9-18-17-20(16(14)22)6-7-23-17/h4-5,8-9,12H,6-7H2,1-3H3,(H,19,21)/t12-/m1/s1. The molecule has 0 saturated heterocycles. The summed E-state index contributed by atoms with van der Waals surface area (Å²) >= 11 is 1.54. The summed E-state index contributed by atoms with van der Waals surface area (Å²) in [7, 11) is 0. The summed E-state index contributed by atoms with van der Waals surface area (Å²) in [5, 5.41) is 3.60. The number of aromatic nitrogens is 2. The number of hydrogen-bond donors (Lipinski definition) is 1. The lowest BCUT2D eigenvalue weighted by Gasteiger charge is -2.17. The smallest absolute Gasteiger partial charge is 0.267 e. The molecule has 2 heterocycles. The summed E-state index contributed by atoms with van der Waals surface area (Å²) in [5.74, 6) is 0.453. The number of benzene rings is 1. The van der Waals surface area contributed by atoms with Gasteiger partial charge in [0.25, 0.3) is 11.5 Å². The van der Waals surface area contributed by atoms with Crippen LogP contribution in [0.2, 0.25) is 0 Å². The minimum Gasteiger partial charge on any atom is -0.345 e. The number of nitrogens with one attached hydrogen (secondary N) is 1. The molecule has 0 bridgehead atoms. The molecule has 0 fully saturated rings. The van der Waals surface area contributed by atoms with Gasteiger partial charge in [-0.1, -0.05) is 35.5 Å². The van der Waals surface area contributed by atoms with E-state index in [1.807, 2.05) is 32.9 Å². The second-order valence-corrected chi connectivity index (χ2v) is 6.88. The summed E-state index contributed by atoms with van der Waals surface area (Å²) < 4.78 is 1.57. The maximum atomic E-state index is 12.5. The average Bonchev–Trinajstić information content (AvgIpc) is 2.99. The zero-order chi connectivity index (χ0) is 16.6. The van der Waals surface area contributed by atoms with Crippen molar-refractivity contribution in [2.45, 2.75) is 38.5 Å². The number of hydrogen-bond acceptors (Lipinski definition) is 4. The second kappa shape index (κ2) is 6.20. The lowest BCUT2D eigenvalue weighted by molar-refractivity contribution is 0.0937. The Labute approximate surface area is 139 Å². The van der Waals surface area contributed by atoms with Gasteiger partial charge in [-0.15, -0.1) is 0 Å². The zero-order valence-corrected chi connectivity index (χ0v) is 14.2. The Bertz CT molecular complexity index is 829. The quantitative estimate of drug-likeness (QED) is 0.879. The van der Waals surface area contributed by atoms with E-state index in [0.717, 1.165) is 22.4 Å². The Hall–Kier alpha value is -2.08. The number of thioether (sulfide) groups is 1. The molecule has 1 atom stereocenters. The zero-order valence-electron chi connectivity index (χ0n) is 13.4. The predicted octanol–water partition coefficient (Wildman–Crippen LogP) is 2.46. The Kier molecular flexibility index (Phi) is 4.26. The van der Waals surface area contributed by atoms with Crippen molar-refractivity contribution in [1.29, 1.82) is 0 Å². The first-order chi connectivity index (χ1) is 11.0. The maximum Gasteiger partial charge on any atom is 0.267 e. The van der Waals surface area contributed by atoms with Gasteiger partial charge in [-0.25, -0.2) is 4.98 Å². The van der Waals surface area contributed by atoms with E-state index >= 15 is 0 Å². The van der Waals surface area contributed by atoms with Crippen molar-refractivity contribution in [2.75, 3.05) is 5.75 Å². The Morgan fingerprint density at radius 3 is 2.96 bits per heavy atom. The molecule has 6 heteroatoms. The number of nitrogens with zero attached hydrogens (tertiary/aromatic N) is 2. The van der Waals surface area contributed by atoms with Crippen LogP contribution in [0, 0.1) is 13.8 Å². The van der Waals surface area contributed by atoms with E-state index in [2.05, 4.69) is 16.4 Å². The molecule has 1 aromatic carbocycles. The van der Waals surface area contributed by atoms with Crippen LogP contribution in [0.1, 0.15) is 40.0 Å². The number of carbonyl (C=O) groups is 1. The molecule has 2 aromatic rings. The fraction of sp³-hybridized carbons (Fsp3) is 0.353. The highest BCUT2D eigenvalue weighted by atomic mass is 32.2.